The number of ether oxygens (including phenoxy) is 3. The van der Waals surface area contributed by atoms with E-state index in [1.54, 1.807) is 12.0 Å². The topological polar surface area (TPSA) is 94.2 Å². The number of amides is 2. The quantitative estimate of drug-likeness (QED) is 0.468. The number of allylic oxidation sites excluding steroid dienone is 2. The second kappa shape index (κ2) is 10.8. The van der Waals surface area contributed by atoms with Gasteiger partial charge in [0.1, 0.15) is 12.4 Å². The highest BCUT2D eigenvalue weighted by atomic mass is 16.5. The van der Waals surface area contributed by atoms with Crippen molar-refractivity contribution in [1.29, 1.82) is 0 Å². The van der Waals surface area contributed by atoms with Gasteiger partial charge in [0.25, 0.3) is 0 Å². The zero-order valence-electron chi connectivity index (χ0n) is 19.2. The highest BCUT2D eigenvalue weighted by Crippen LogP contribution is 2.41. The number of esters is 2. The minimum Gasteiger partial charge on any atom is -0.496 e. The predicted molar refractivity (Wildman–Crippen MR) is 118 cm³/mol. The number of hydrogen-bond acceptors (Lipinski definition) is 6. The lowest BCUT2D eigenvalue weighted by Crippen LogP contribution is -2.35. The van der Waals surface area contributed by atoms with Gasteiger partial charge in [-0.05, 0) is 46.1 Å². The van der Waals surface area contributed by atoms with E-state index in [1.165, 1.54) is 7.11 Å². The van der Waals surface area contributed by atoms with Crippen LogP contribution < -0.4 is 10.1 Å². The minimum atomic E-state index is -0.455. The van der Waals surface area contributed by atoms with Crippen LogP contribution in [0, 0.1) is 6.92 Å². The van der Waals surface area contributed by atoms with Crippen LogP contribution in [0.15, 0.2) is 11.6 Å². The van der Waals surface area contributed by atoms with Crippen LogP contribution in [0.5, 0.6) is 5.75 Å². The van der Waals surface area contributed by atoms with E-state index in [4.69, 9.17) is 14.2 Å². The van der Waals surface area contributed by atoms with Gasteiger partial charge < -0.3 is 24.4 Å². The van der Waals surface area contributed by atoms with E-state index in [2.05, 4.69) is 5.32 Å². The van der Waals surface area contributed by atoms with Crippen molar-refractivity contribution in [1.82, 2.24) is 4.90 Å². The number of carbonyl (C=O) groups excluding carboxylic acids is 3. The van der Waals surface area contributed by atoms with Crippen molar-refractivity contribution in [2.75, 3.05) is 32.6 Å². The van der Waals surface area contributed by atoms with Gasteiger partial charge in [0.15, 0.2) is 0 Å². The van der Waals surface area contributed by atoms with Crippen LogP contribution in [0.4, 0.5) is 10.5 Å². The van der Waals surface area contributed by atoms with Gasteiger partial charge in [0.05, 0.1) is 25.5 Å². The number of nitrogens with one attached hydrogen (secondary N) is 1. The third-order valence-electron chi connectivity index (χ3n) is 5.57. The SMILES string of the molecule is CCN(CC)C(=O)Nc1c(C/C=C(\C)CCC(=O)OC)c(OC)c(C)c2c1C(=O)OC2. The summed E-state index contributed by atoms with van der Waals surface area (Å²) in [7, 11) is 2.93. The molecule has 0 bridgehead atoms. The third-order valence-corrected chi connectivity index (χ3v) is 5.57. The number of carbonyl (C=O) groups is 3. The van der Waals surface area contributed by atoms with Crippen molar-refractivity contribution >= 4 is 23.7 Å². The number of fused-ring (bicyclic) bond motifs is 1. The molecule has 0 fully saturated rings. The summed E-state index contributed by atoms with van der Waals surface area (Å²) in [5.74, 6) is -0.110. The van der Waals surface area contributed by atoms with Gasteiger partial charge in [-0.3, -0.25) is 4.79 Å². The Morgan fingerprint density at radius 3 is 2.45 bits per heavy atom. The molecule has 1 N–H and O–H groups in total. The molecule has 8 nitrogen and oxygen atoms in total. The van der Waals surface area contributed by atoms with Crippen LogP contribution in [0.2, 0.25) is 0 Å². The molecule has 170 valence electrons. The molecular formula is C23H32N2O6. The van der Waals surface area contributed by atoms with Crippen molar-refractivity contribution < 1.29 is 28.6 Å². The Morgan fingerprint density at radius 1 is 1.19 bits per heavy atom. The summed E-state index contributed by atoms with van der Waals surface area (Å²) in [6.45, 7) is 8.83. The lowest BCUT2D eigenvalue weighted by molar-refractivity contribution is -0.140. The summed E-state index contributed by atoms with van der Waals surface area (Å²) in [6.07, 6.45) is 3.24. The molecule has 0 unspecified atom stereocenters. The highest BCUT2D eigenvalue weighted by Gasteiger charge is 2.33. The first-order valence-corrected chi connectivity index (χ1v) is 10.5. The van der Waals surface area contributed by atoms with Crippen LogP contribution in [0.1, 0.15) is 60.7 Å². The first kappa shape index (κ1) is 24.2. The van der Waals surface area contributed by atoms with Crippen LogP contribution in [0.3, 0.4) is 0 Å². The van der Waals surface area contributed by atoms with E-state index in [-0.39, 0.29) is 25.0 Å². The maximum atomic E-state index is 12.8. The smallest absolute Gasteiger partial charge is 0.341 e. The summed E-state index contributed by atoms with van der Waals surface area (Å²) < 4.78 is 15.7. The van der Waals surface area contributed by atoms with E-state index in [9.17, 15) is 14.4 Å². The largest absolute Gasteiger partial charge is 0.496 e. The summed E-state index contributed by atoms with van der Waals surface area (Å²) in [6, 6.07) is -0.287. The number of cyclic esters (lactones) is 1. The highest BCUT2D eigenvalue weighted by molar-refractivity contribution is 6.05. The zero-order chi connectivity index (χ0) is 23.1. The fraction of sp³-hybridized carbons (Fsp3) is 0.522. The molecule has 1 aliphatic rings. The number of urea groups is 1. The molecule has 0 aromatic heterocycles. The molecule has 0 saturated carbocycles. The van der Waals surface area contributed by atoms with E-state index in [0.29, 0.717) is 48.5 Å². The van der Waals surface area contributed by atoms with Gasteiger partial charge in [0.2, 0.25) is 0 Å². The molecule has 0 atom stereocenters. The number of hydrogen-bond donors (Lipinski definition) is 1. The second-order valence-corrected chi connectivity index (χ2v) is 7.37. The Labute approximate surface area is 183 Å². The molecule has 1 aliphatic heterocycles. The average Bonchev–Trinajstić information content (AvgIpc) is 3.15. The Morgan fingerprint density at radius 2 is 1.87 bits per heavy atom. The van der Waals surface area contributed by atoms with E-state index < -0.39 is 5.97 Å². The third kappa shape index (κ3) is 5.37. The van der Waals surface area contributed by atoms with Gasteiger partial charge in [-0.25, -0.2) is 9.59 Å². The molecule has 0 spiro atoms. The normalized spacial score (nSPS) is 12.8. The number of rotatable bonds is 9. The molecule has 2 rings (SSSR count). The molecule has 2 amide bonds. The minimum absolute atomic E-state index is 0.152. The van der Waals surface area contributed by atoms with Crippen LogP contribution in [0.25, 0.3) is 0 Å². The fourth-order valence-electron chi connectivity index (χ4n) is 3.67. The molecule has 0 radical (unpaired) electrons. The Kier molecular flexibility index (Phi) is 8.47. The lowest BCUT2D eigenvalue weighted by Gasteiger charge is -2.23. The number of anilines is 1. The van der Waals surface area contributed by atoms with Crippen LogP contribution in [-0.2, 0) is 27.3 Å². The summed E-state index contributed by atoms with van der Waals surface area (Å²) in [5.41, 5.74) is 4.06. The summed E-state index contributed by atoms with van der Waals surface area (Å²) >= 11 is 0. The molecule has 1 aromatic rings. The van der Waals surface area contributed by atoms with E-state index >= 15 is 0 Å². The predicted octanol–water partition coefficient (Wildman–Crippen LogP) is 3.99. The maximum Gasteiger partial charge on any atom is 0.341 e. The second-order valence-electron chi connectivity index (χ2n) is 7.37. The monoisotopic (exact) mass is 432 g/mol. The number of methoxy groups -OCH3 is 2. The molecule has 1 aromatic carbocycles. The van der Waals surface area contributed by atoms with E-state index in [0.717, 1.165) is 16.7 Å². The van der Waals surface area contributed by atoms with Crippen LogP contribution in [-0.4, -0.2) is 50.2 Å². The lowest BCUT2D eigenvalue weighted by atomic mass is 9.93. The Hall–Kier alpha value is -3.03. The standard InChI is InChI=1S/C23H32N2O6/c1-7-25(8-2)23(28)24-20-16(11-9-14(3)10-12-18(26)29-5)21(30-6)15(4)17-13-31-22(27)19(17)20/h9H,7-8,10-13H2,1-6H3,(H,24,28)/b14-9+. The average molecular weight is 433 g/mol. The van der Waals surface area contributed by atoms with Gasteiger partial charge in [-0.1, -0.05) is 11.6 Å². The van der Waals surface area contributed by atoms with Gasteiger partial charge >= 0.3 is 18.0 Å². The van der Waals surface area contributed by atoms with Crippen molar-refractivity contribution in [3.63, 3.8) is 0 Å². The number of benzene rings is 1. The van der Waals surface area contributed by atoms with Crippen molar-refractivity contribution in [3.05, 3.63) is 33.9 Å². The van der Waals surface area contributed by atoms with E-state index in [1.807, 2.05) is 33.8 Å². The van der Waals surface area contributed by atoms with Gasteiger partial charge in [0, 0.05) is 30.6 Å². The summed E-state index contributed by atoms with van der Waals surface area (Å²) in [5, 5.41) is 2.93. The Bertz CT molecular complexity index is 887. The molecule has 8 heteroatoms. The van der Waals surface area contributed by atoms with Gasteiger partial charge in [-0.2, -0.15) is 0 Å². The van der Waals surface area contributed by atoms with Crippen LogP contribution >= 0.6 is 0 Å². The molecule has 1 heterocycles. The zero-order valence-corrected chi connectivity index (χ0v) is 19.2. The first-order chi connectivity index (χ1) is 14.8. The molecule has 0 aliphatic carbocycles. The van der Waals surface area contributed by atoms with Gasteiger partial charge in [-0.15, -0.1) is 0 Å². The molecule has 0 saturated heterocycles. The molecular weight excluding hydrogens is 400 g/mol. The maximum absolute atomic E-state index is 12.8. The number of nitrogens with zero attached hydrogens (tertiary/aromatic N) is 1. The first-order valence-electron chi connectivity index (χ1n) is 10.5. The molecule has 31 heavy (non-hydrogen) atoms. The van der Waals surface area contributed by atoms with Crippen molar-refractivity contribution in [2.45, 2.75) is 53.6 Å². The Balaban J connectivity index is 2.50. The van der Waals surface area contributed by atoms with Crippen molar-refractivity contribution in [3.8, 4) is 5.75 Å². The fourth-order valence-corrected chi connectivity index (χ4v) is 3.67. The van der Waals surface area contributed by atoms with Crippen molar-refractivity contribution in [2.24, 2.45) is 0 Å². The summed E-state index contributed by atoms with van der Waals surface area (Å²) in [4.78, 5) is 38.4.